The fourth-order valence-electron chi connectivity index (χ4n) is 2.08. The minimum absolute atomic E-state index is 0.740. The summed E-state index contributed by atoms with van der Waals surface area (Å²) in [6, 6.07) is 0.740. The SMILES string of the molecule is CNC1CCCN(CCCCSC)C1. The smallest absolute Gasteiger partial charge is 0.0192 e. The van der Waals surface area contributed by atoms with Gasteiger partial charge in [0, 0.05) is 12.6 Å². The van der Waals surface area contributed by atoms with E-state index in [2.05, 4.69) is 23.5 Å². The zero-order chi connectivity index (χ0) is 10.2. The van der Waals surface area contributed by atoms with E-state index < -0.39 is 0 Å². The number of thioether (sulfide) groups is 1. The summed E-state index contributed by atoms with van der Waals surface area (Å²) < 4.78 is 0. The zero-order valence-corrected chi connectivity index (χ0v) is 10.4. The number of piperidine rings is 1. The molecule has 2 nitrogen and oxygen atoms in total. The van der Waals surface area contributed by atoms with Crippen LogP contribution in [0.4, 0.5) is 0 Å². The maximum atomic E-state index is 3.39. The van der Waals surface area contributed by atoms with Crippen molar-refractivity contribution in [3.8, 4) is 0 Å². The van der Waals surface area contributed by atoms with Crippen molar-refractivity contribution in [2.24, 2.45) is 0 Å². The molecule has 0 aliphatic carbocycles. The molecule has 1 rings (SSSR count). The largest absolute Gasteiger partial charge is 0.316 e. The Labute approximate surface area is 92.8 Å². The summed E-state index contributed by atoms with van der Waals surface area (Å²) in [5.41, 5.74) is 0. The van der Waals surface area contributed by atoms with Gasteiger partial charge < -0.3 is 10.2 Å². The monoisotopic (exact) mass is 216 g/mol. The molecule has 0 radical (unpaired) electrons. The first-order valence-corrected chi connectivity index (χ1v) is 7.14. The lowest BCUT2D eigenvalue weighted by molar-refractivity contribution is 0.193. The second kappa shape index (κ2) is 7.55. The number of nitrogens with zero attached hydrogens (tertiary/aromatic N) is 1. The predicted molar refractivity (Wildman–Crippen MR) is 66.1 cm³/mol. The van der Waals surface area contributed by atoms with Crippen LogP contribution in [0.2, 0.25) is 0 Å². The Morgan fingerprint density at radius 1 is 1.43 bits per heavy atom. The van der Waals surface area contributed by atoms with Crippen molar-refractivity contribution < 1.29 is 0 Å². The van der Waals surface area contributed by atoms with E-state index in [0.717, 1.165) is 6.04 Å². The van der Waals surface area contributed by atoms with E-state index in [1.807, 2.05) is 11.8 Å². The Bertz CT molecular complexity index is 141. The Hall–Kier alpha value is 0.270. The van der Waals surface area contributed by atoms with E-state index in [-0.39, 0.29) is 0 Å². The van der Waals surface area contributed by atoms with Gasteiger partial charge in [-0.25, -0.2) is 0 Å². The summed E-state index contributed by atoms with van der Waals surface area (Å²) in [5, 5.41) is 3.39. The number of likely N-dealkylation sites (N-methyl/N-ethyl adjacent to an activating group) is 1. The maximum Gasteiger partial charge on any atom is 0.0192 e. The molecule has 0 saturated carbocycles. The minimum atomic E-state index is 0.740. The lowest BCUT2D eigenvalue weighted by Crippen LogP contribution is -2.44. The summed E-state index contributed by atoms with van der Waals surface area (Å²) in [4.78, 5) is 2.62. The molecule has 1 unspecified atom stereocenters. The van der Waals surface area contributed by atoms with Gasteiger partial charge in [-0.15, -0.1) is 0 Å². The molecule has 14 heavy (non-hydrogen) atoms. The van der Waals surface area contributed by atoms with Gasteiger partial charge >= 0.3 is 0 Å². The summed E-state index contributed by atoms with van der Waals surface area (Å²) in [7, 11) is 2.09. The summed E-state index contributed by atoms with van der Waals surface area (Å²) in [6.45, 7) is 3.88. The molecule has 1 N–H and O–H groups in total. The van der Waals surface area contributed by atoms with Gasteiger partial charge in [0.2, 0.25) is 0 Å². The number of hydrogen-bond donors (Lipinski definition) is 1. The first kappa shape index (κ1) is 12.3. The van der Waals surface area contributed by atoms with Crippen molar-refractivity contribution in [3.63, 3.8) is 0 Å². The molecule has 0 aromatic heterocycles. The molecule has 0 aromatic carbocycles. The fourth-order valence-corrected chi connectivity index (χ4v) is 2.57. The third-order valence-corrected chi connectivity index (χ3v) is 3.68. The third-order valence-electron chi connectivity index (χ3n) is 2.99. The minimum Gasteiger partial charge on any atom is -0.316 e. The van der Waals surface area contributed by atoms with E-state index in [1.165, 1.54) is 51.1 Å². The fraction of sp³-hybridized carbons (Fsp3) is 1.00. The van der Waals surface area contributed by atoms with Gasteiger partial charge in [0.25, 0.3) is 0 Å². The highest BCUT2D eigenvalue weighted by molar-refractivity contribution is 7.98. The molecule has 84 valence electrons. The van der Waals surface area contributed by atoms with Crippen molar-refractivity contribution in [2.45, 2.75) is 31.7 Å². The van der Waals surface area contributed by atoms with Crippen molar-refractivity contribution in [3.05, 3.63) is 0 Å². The van der Waals surface area contributed by atoms with Crippen LogP contribution in [-0.2, 0) is 0 Å². The molecule has 0 amide bonds. The van der Waals surface area contributed by atoms with Crippen LogP contribution in [0.25, 0.3) is 0 Å². The van der Waals surface area contributed by atoms with Crippen LogP contribution >= 0.6 is 11.8 Å². The van der Waals surface area contributed by atoms with Gasteiger partial charge in [0.05, 0.1) is 0 Å². The van der Waals surface area contributed by atoms with Crippen LogP contribution in [0.5, 0.6) is 0 Å². The Kier molecular flexibility index (Phi) is 6.65. The number of unbranched alkanes of at least 4 members (excludes halogenated alkanes) is 1. The highest BCUT2D eigenvalue weighted by Crippen LogP contribution is 2.10. The van der Waals surface area contributed by atoms with E-state index in [0.29, 0.717) is 0 Å². The number of rotatable bonds is 6. The summed E-state index contributed by atoms with van der Waals surface area (Å²) in [6.07, 6.45) is 7.67. The molecule has 0 bridgehead atoms. The van der Waals surface area contributed by atoms with E-state index >= 15 is 0 Å². The van der Waals surface area contributed by atoms with Crippen molar-refractivity contribution in [1.29, 1.82) is 0 Å². The molecule has 1 aliphatic heterocycles. The lowest BCUT2D eigenvalue weighted by Gasteiger charge is -2.32. The van der Waals surface area contributed by atoms with Gasteiger partial charge in [-0.05, 0) is 57.8 Å². The van der Waals surface area contributed by atoms with Crippen LogP contribution in [0.3, 0.4) is 0 Å². The van der Waals surface area contributed by atoms with Gasteiger partial charge in [-0.1, -0.05) is 0 Å². The van der Waals surface area contributed by atoms with Gasteiger partial charge in [-0.3, -0.25) is 0 Å². The topological polar surface area (TPSA) is 15.3 Å². The molecule has 1 atom stereocenters. The van der Waals surface area contributed by atoms with Gasteiger partial charge in [0.15, 0.2) is 0 Å². The van der Waals surface area contributed by atoms with Crippen LogP contribution in [0, 0.1) is 0 Å². The molecule has 1 fully saturated rings. The average molecular weight is 216 g/mol. The Morgan fingerprint density at radius 3 is 3.00 bits per heavy atom. The van der Waals surface area contributed by atoms with E-state index in [1.54, 1.807) is 0 Å². The molecule has 1 saturated heterocycles. The standard InChI is InChI=1S/C11H24N2S/c1-12-11-6-5-8-13(10-11)7-3-4-9-14-2/h11-12H,3-10H2,1-2H3. The highest BCUT2D eigenvalue weighted by atomic mass is 32.2. The van der Waals surface area contributed by atoms with Gasteiger partial charge in [-0.2, -0.15) is 11.8 Å². The predicted octanol–water partition coefficient (Wildman–Crippen LogP) is 1.81. The van der Waals surface area contributed by atoms with Crippen LogP contribution in [0.15, 0.2) is 0 Å². The van der Waals surface area contributed by atoms with E-state index in [9.17, 15) is 0 Å². The van der Waals surface area contributed by atoms with Gasteiger partial charge in [0.1, 0.15) is 0 Å². The second-order valence-corrected chi connectivity index (χ2v) is 5.11. The molecular formula is C11H24N2S. The quantitative estimate of drug-likeness (QED) is 0.682. The summed E-state index contributed by atoms with van der Waals surface area (Å²) >= 11 is 1.96. The van der Waals surface area contributed by atoms with Crippen molar-refractivity contribution in [2.75, 3.05) is 38.7 Å². The van der Waals surface area contributed by atoms with Crippen LogP contribution in [-0.4, -0.2) is 49.6 Å². The van der Waals surface area contributed by atoms with Crippen molar-refractivity contribution >= 4 is 11.8 Å². The van der Waals surface area contributed by atoms with Crippen LogP contribution in [0.1, 0.15) is 25.7 Å². The molecular weight excluding hydrogens is 192 g/mol. The van der Waals surface area contributed by atoms with E-state index in [4.69, 9.17) is 0 Å². The normalized spacial score (nSPS) is 24.0. The molecule has 1 aliphatic rings. The number of nitrogens with one attached hydrogen (secondary N) is 1. The number of hydrogen-bond acceptors (Lipinski definition) is 3. The Balaban J connectivity index is 2.05. The summed E-state index contributed by atoms with van der Waals surface area (Å²) in [5.74, 6) is 1.32. The molecule has 3 heteroatoms. The molecule has 1 heterocycles. The third kappa shape index (κ3) is 4.67. The maximum absolute atomic E-state index is 3.39. The zero-order valence-electron chi connectivity index (χ0n) is 9.59. The lowest BCUT2D eigenvalue weighted by atomic mass is 10.1. The second-order valence-electron chi connectivity index (χ2n) is 4.13. The Morgan fingerprint density at radius 2 is 2.29 bits per heavy atom. The first-order valence-electron chi connectivity index (χ1n) is 5.75. The average Bonchev–Trinajstić information content (AvgIpc) is 2.25. The van der Waals surface area contributed by atoms with Crippen molar-refractivity contribution in [1.82, 2.24) is 10.2 Å². The molecule has 0 spiro atoms. The molecule has 0 aromatic rings. The highest BCUT2D eigenvalue weighted by Gasteiger charge is 2.17. The first-order chi connectivity index (χ1) is 6.86. The number of likely N-dealkylation sites (tertiary alicyclic amines) is 1. The van der Waals surface area contributed by atoms with Crippen LogP contribution < -0.4 is 5.32 Å².